The predicted octanol–water partition coefficient (Wildman–Crippen LogP) is 4.99. The molecule has 0 aliphatic heterocycles. The van der Waals surface area contributed by atoms with Crippen LogP contribution in [0.4, 0.5) is 17.6 Å². The lowest BCUT2D eigenvalue weighted by Crippen LogP contribution is -2.65. The number of methoxy groups -OCH3 is 1. The maximum Gasteiger partial charge on any atom is 0.427 e. The first-order chi connectivity index (χ1) is 12.0. The number of alkyl halides is 3. The lowest BCUT2D eigenvalue weighted by molar-refractivity contribution is -0.273. The highest BCUT2D eigenvalue weighted by atomic mass is 28.4. The molecule has 0 saturated carbocycles. The molecule has 0 aliphatic rings. The molecule has 1 aromatic carbocycles. The second-order valence-corrected chi connectivity index (χ2v) is 12.4. The third-order valence-corrected chi connectivity index (χ3v) is 5.71. The molecule has 1 rings (SSSR count). The fraction of sp³-hybridized carbons (Fsp3) is 0.611. The highest BCUT2D eigenvalue weighted by Gasteiger charge is 2.69. The third kappa shape index (κ3) is 4.29. The monoisotopic (exact) mass is 410 g/mol. The Bertz CT molecular complexity index is 698. The maximum atomic E-state index is 14.8. The van der Waals surface area contributed by atoms with Gasteiger partial charge >= 0.3 is 12.1 Å². The largest absolute Gasteiger partial charge is 0.494 e. The van der Waals surface area contributed by atoms with Gasteiger partial charge in [0.1, 0.15) is 0 Å². The van der Waals surface area contributed by atoms with Crippen LogP contribution in [0, 0.1) is 11.7 Å². The highest BCUT2D eigenvalue weighted by Crippen LogP contribution is 2.50. The zero-order chi connectivity index (χ0) is 21.4. The van der Waals surface area contributed by atoms with E-state index in [1.165, 1.54) is 58.8 Å². The molecule has 2 atom stereocenters. The number of aliphatic carboxylic acids is 1. The van der Waals surface area contributed by atoms with Gasteiger partial charge in [0.15, 0.2) is 19.9 Å². The molecule has 1 aromatic rings. The zero-order valence-electron chi connectivity index (χ0n) is 16.5. The van der Waals surface area contributed by atoms with E-state index in [-0.39, 0.29) is 11.3 Å². The topological polar surface area (TPSA) is 55.8 Å². The molecule has 0 fully saturated rings. The van der Waals surface area contributed by atoms with Crippen molar-refractivity contribution in [3.05, 3.63) is 29.6 Å². The summed E-state index contributed by atoms with van der Waals surface area (Å²) in [5.41, 5.74) is -5.09. The van der Waals surface area contributed by atoms with Gasteiger partial charge in [-0.1, -0.05) is 32.9 Å². The van der Waals surface area contributed by atoms with E-state index in [0.717, 1.165) is 6.92 Å². The van der Waals surface area contributed by atoms with Crippen LogP contribution < -0.4 is 4.74 Å². The Morgan fingerprint density at radius 2 is 1.70 bits per heavy atom. The van der Waals surface area contributed by atoms with E-state index >= 15 is 0 Å². The van der Waals surface area contributed by atoms with Gasteiger partial charge in [0.25, 0.3) is 5.60 Å². The number of carboxylic acid groups (broad SMARTS) is 1. The van der Waals surface area contributed by atoms with Crippen LogP contribution in [0.2, 0.25) is 19.6 Å². The Kier molecular flexibility index (Phi) is 6.44. The van der Waals surface area contributed by atoms with Gasteiger partial charge in [0.2, 0.25) is 0 Å². The van der Waals surface area contributed by atoms with E-state index < -0.39 is 43.2 Å². The van der Waals surface area contributed by atoms with Gasteiger partial charge in [0, 0.05) is 5.92 Å². The molecule has 0 radical (unpaired) electrons. The SMILES string of the molecule is COc1cccc(C(C)(C)C(C)C(O[Si](C)(C)C)(C(=O)O)C(F)(F)F)c1F. The predicted molar refractivity (Wildman–Crippen MR) is 96.0 cm³/mol. The van der Waals surface area contributed by atoms with E-state index in [9.17, 15) is 27.5 Å². The summed E-state index contributed by atoms with van der Waals surface area (Å²) in [6.07, 6.45) is -5.20. The minimum absolute atomic E-state index is 0.0802. The van der Waals surface area contributed by atoms with Crippen LogP contribution in [-0.4, -0.2) is 38.3 Å². The van der Waals surface area contributed by atoms with Crippen LogP contribution in [-0.2, 0) is 14.6 Å². The molecular formula is C18H26F4O4Si. The molecule has 0 spiro atoms. The molecule has 9 heteroatoms. The van der Waals surface area contributed by atoms with Crippen molar-refractivity contribution in [2.75, 3.05) is 7.11 Å². The summed E-state index contributed by atoms with van der Waals surface area (Å²) in [4.78, 5) is 11.9. The van der Waals surface area contributed by atoms with Crippen LogP contribution >= 0.6 is 0 Å². The van der Waals surface area contributed by atoms with Crippen molar-refractivity contribution in [3.63, 3.8) is 0 Å². The second-order valence-electron chi connectivity index (χ2n) is 8.02. The highest BCUT2D eigenvalue weighted by molar-refractivity contribution is 6.70. The van der Waals surface area contributed by atoms with Crippen molar-refractivity contribution in [1.82, 2.24) is 0 Å². The Hall–Kier alpha value is -1.61. The van der Waals surface area contributed by atoms with Crippen molar-refractivity contribution in [1.29, 1.82) is 0 Å². The van der Waals surface area contributed by atoms with E-state index in [1.54, 1.807) is 0 Å². The van der Waals surface area contributed by atoms with E-state index in [2.05, 4.69) is 0 Å². The van der Waals surface area contributed by atoms with Gasteiger partial charge in [-0.15, -0.1) is 0 Å². The average molecular weight is 410 g/mol. The summed E-state index contributed by atoms with van der Waals surface area (Å²) in [5, 5.41) is 9.63. The lowest BCUT2D eigenvalue weighted by Gasteiger charge is -2.47. The summed E-state index contributed by atoms with van der Waals surface area (Å²) in [6, 6.07) is 4.11. The van der Waals surface area contributed by atoms with E-state index in [4.69, 9.17) is 9.16 Å². The first kappa shape index (κ1) is 23.4. The second kappa shape index (κ2) is 7.42. The minimum Gasteiger partial charge on any atom is -0.494 e. The fourth-order valence-corrected chi connectivity index (χ4v) is 4.48. The Balaban J connectivity index is 3.70. The van der Waals surface area contributed by atoms with Crippen LogP contribution in [0.1, 0.15) is 26.3 Å². The molecule has 0 heterocycles. The molecule has 0 bridgehead atoms. The number of rotatable bonds is 7. The number of carboxylic acids is 1. The normalized spacial score (nSPS) is 16.6. The quantitative estimate of drug-likeness (QED) is 0.509. The van der Waals surface area contributed by atoms with E-state index in [1.807, 2.05) is 0 Å². The maximum absolute atomic E-state index is 14.8. The smallest absolute Gasteiger partial charge is 0.427 e. The summed E-state index contributed by atoms with van der Waals surface area (Å²) in [5.74, 6) is -4.74. The molecule has 27 heavy (non-hydrogen) atoms. The third-order valence-electron chi connectivity index (χ3n) is 4.78. The van der Waals surface area contributed by atoms with Gasteiger partial charge in [0.05, 0.1) is 7.11 Å². The van der Waals surface area contributed by atoms with Crippen LogP contribution in [0.25, 0.3) is 0 Å². The zero-order valence-corrected chi connectivity index (χ0v) is 17.5. The molecule has 1 N–H and O–H groups in total. The van der Waals surface area contributed by atoms with Gasteiger partial charge < -0.3 is 14.3 Å². The Labute approximate surface area is 157 Å². The van der Waals surface area contributed by atoms with Gasteiger partial charge in [-0.3, -0.25) is 0 Å². The molecule has 2 unspecified atom stereocenters. The fourth-order valence-electron chi connectivity index (χ4n) is 3.13. The molecule has 0 aromatic heterocycles. The van der Waals surface area contributed by atoms with Gasteiger partial charge in [-0.25, -0.2) is 9.18 Å². The number of benzene rings is 1. The van der Waals surface area contributed by atoms with Gasteiger partial charge in [-0.2, -0.15) is 13.2 Å². The summed E-state index contributed by atoms with van der Waals surface area (Å²) in [7, 11) is -1.72. The van der Waals surface area contributed by atoms with Crippen molar-refractivity contribution in [2.45, 2.75) is 57.6 Å². The summed E-state index contributed by atoms with van der Waals surface area (Å²) >= 11 is 0. The number of halogens is 4. The molecule has 154 valence electrons. The van der Waals surface area contributed by atoms with Crippen LogP contribution in [0.3, 0.4) is 0 Å². The van der Waals surface area contributed by atoms with Gasteiger partial charge in [-0.05, 0) is 36.7 Å². The van der Waals surface area contributed by atoms with Crippen molar-refractivity contribution >= 4 is 14.3 Å². The lowest BCUT2D eigenvalue weighted by atomic mass is 9.66. The summed E-state index contributed by atoms with van der Waals surface area (Å²) in [6.45, 7) is 8.28. The van der Waals surface area contributed by atoms with Crippen molar-refractivity contribution < 1.29 is 36.6 Å². The van der Waals surface area contributed by atoms with Crippen molar-refractivity contribution in [3.8, 4) is 5.75 Å². The number of hydrogen-bond donors (Lipinski definition) is 1. The molecule has 4 nitrogen and oxygen atoms in total. The Morgan fingerprint density at radius 3 is 2.07 bits per heavy atom. The minimum atomic E-state index is -5.20. The molecule has 0 amide bonds. The first-order valence-corrected chi connectivity index (χ1v) is 11.8. The van der Waals surface area contributed by atoms with Crippen molar-refractivity contribution in [2.24, 2.45) is 5.92 Å². The number of hydrogen-bond acceptors (Lipinski definition) is 3. The summed E-state index contributed by atoms with van der Waals surface area (Å²) < 4.78 is 67.2. The van der Waals surface area contributed by atoms with Crippen LogP contribution in [0.15, 0.2) is 18.2 Å². The molecule has 0 saturated heterocycles. The molecule has 0 aliphatic carbocycles. The first-order valence-electron chi connectivity index (χ1n) is 8.35. The number of ether oxygens (including phenoxy) is 1. The standard InChI is InChI=1S/C18H26F4O4Si/c1-11(16(2,3)12-9-8-10-13(25-4)14(12)19)17(15(23)24,18(20,21)22)26-27(5,6)7/h8-11H,1-7H3,(H,23,24). The average Bonchev–Trinajstić information content (AvgIpc) is 2.49. The van der Waals surface area contributed by atoms with E-state index in [0.29, 0.717) is 0 Å². The van der Waals surface area contributed by atoms with Crippen LogP contribution in [0.5, 0.6) is 5.75 Å². The number of carbonyl (C=O) groups is 1. The Morgan fingerprint density at radius 1 is 1.19 bits per heavy atom. The molecular weight excluding hydrogens is 384 g/mol.